The van der Waals surface area contributed by atoms with Gasteiger partial charge < -0.3 is 5.32 Å². The van der Waals surface area contributed by atoms with Gasteiger partial charge in [0.15, 0.2) is 0 Å². The molecule has 1 fully saturated rings. The first-order valence-electron chi connectivity index (χ1n) is 5.18. The van der Waals surface area contributed by atoms with Gasteiger partial charge >= 0.3 is 0 Å². The van der Waals surface area contributed by atoms with Crippen LogP contribution in [-0.4, -0.2) is 36.6 Å². The van der Waals surface area contributed by atoms with Gasteiger partial charge in [-0.25, -0.2) is 0 Å². The van der Waals surface area contributed by atoms with Crippen LogP contribution in [-0.2, 0) is 0 Å². The maximum Gasteiger partial charge on any atom is 0.00817 e. The summed E-state index contributed by atoms with van der Waals surface area (Å²) in [5, 5.41) is 3.45. The van der Waals surface area contributed by atoms with Crippen molar-refractivity contribution in [3.63, 3.8) is 0 Å². The molecule has 0 bridgehead atoms. The van der Waals surface area contributed by atoms with Gasteiger partial charge in [-0.2, -0.15) is 0 Å². The summed E-state index contributed by atoms with van der Waals surface area (Å²) in [5.41, 5.74) is 0. The second-order valence-electron chi connectivity index (χ2n) is 4.07. The molecular formula is C10H22N2. The highest BCUT2D eigenvalue weighted by molar-refractivity contribution is 4.74. The number of rotatable bonds is 1. The lowest BCUT2D eigenvalue weighted by Gasteiger charge is -2.34. The molecule has 1 N–H and O–H groups in total. The molecule has 0 aromatic rings. The zero-order valence-electron chi connectivity index (χ0n) is 8.64. The minimum Gasteiger partial charge on any atom is -0.317 e. The molecule has 1 aliphatic heterocycles. The van der Waals surface area contributed by atoms with Gasteiger partial charge in [0.05, 0.1) is 0 Å². The van der Waals surface area contributed by atoms with Crippen molar-refractivity contribution in [2.24, 2.45) is 0 Å². The van der Waals surface area contributed by atoms with E-state index in [-0.39, 0.29) is 0 Å². The number of hydrogen-bond acceptors (Lipinski definition) is 2. The number of hydrogen-bond donors (Lipinski definition) is 1. The van der Waals surface area contributed by atoms with Gasteiger partial charge in [0.1, 0.15) is 0 Å². The lowest BCUT2D eigenvalue weighted by atomic mass is 10.1. The van der Waals surface area contributed by atoms with E-state index in [4.69, 9.17) is 0 Å². The highest BCUT2D eigenvalue weighted by atomic mass is 15.2. The molecular weight excluding hydrogens is 148 g/mol. The molecule has 1 rings (SSSR count). The minimum atomic E-state index is 0.707. The van der Waals surface area contributed by atoms with Crippen LogP contribution in [0.4, 0.5) is 0 Å². The predicted octanol–water partition coefficient (Wildman–Crippen LogP) is 1.47. The molecule has 0 spiro atoms. The van der Waals surface area contributed by atoms with Crippen LogP contribution in [0.25, 0.3) is 0 Å². The quantitative estimate of drug-likeness (QED) is 0.641. The first-order valence-corrected chi connectivity index (χ1v) is 5.18. The van der Waals surface area contributed by atoms with Crippen LogP contribution in [0.3, 0.4) is 0 Å². The first-order chi connectivity index (χ1) is 5.72. The molecule has 2 nitrogen and oxygen atoms in total. The third-order valence-corrected chi connectivity index (χ3v) is 2.74. The molecule has 2 heteroatoms. The molecule has 72 valence electrons. The third-order valence-electron chi connectivity index (χ3n) is 2.74. The van der Waals surface area contributed by atoms with Crippen molar-refractivity contribution in [1.29, 1.82) is 0 Å². The van der Waals surface area contributed by atoms with Gasteiger partial charge in [-0.05, 0) is 53.2 Å². The Kier molecular flexibility index (Phi) is 4.02. The van der Waals surface area contributed by atoms with E-state index in [9.17, 15) is 0 Å². The Hall–Kier alpha value is -0.0800. The van der Waals surface area contributed by atoms with Gasteiger partial charge in [-0.1, -0.05) is 0 Å². The Labute approximate surface area is 76.3 Å². The maximum absolute atomic E-state index is 3.45. The molecule has 1 unspecified atom stereocenters. The van der Waals surface area contributed by atoms with Crippen molar-refractivity contribution < 1.29 is 0 Å². The van der Waals surface area contributed by atoms with Crippen LogP contribution in [0.5, 0.6) is 0 Å². The second-order valence-corrected chi connectivity index (χ2v) is 4.07. The molecule has 1 atom stereocenters. The third kappa shape index (κ3) is 2.76. The first kappa shape index (κ1) is 10.0. The summed E-state index contributed by atoms with van der Waals surface area (Å²) in [6, 6.07) is 1.45. The average Bonchev–Trinajstić information content (AvgIpc) is 1.96. The summed E-state index contributed by atoms with van der Waals surface area (Å²) in [6.07, 6.45) is 2.58. The van der Waals surface area contributed by atoms with Crippen molar-refractivity contribution in [2.45, 2.75) is 45.7 Å². The predicted molar refractivity (Wildman–Crippen MR) is 53.4 cm³/mol. The zero-order chi connectivity index (χ0) is 8.97. The van der Waals surface area contributed by atoms with Crippen molar-refractivity contribution in [3.05, 3.63) is 0 Å². The van der Waals surface area contributed by atoms with Crippen LogP contribution in [0.15, 0.2) is 0 Å². The van der Waals surface area contributed by atoms with E-state index in [1.807, 2.05) is 0 Å². The lowest BCUT2D eigenvalue weighted by molar-refractivity contribution is 0.145. The van der Waals surface area contributed by atoms with E-state index in [1.54, 1.807) is 0 Å². The van der Waals surface area contributed by atoms with Crippen LogP contribution in [0.2, 0.25) is 0 Å². The Balaban J connectivity index is 2.43. The van der Waals surface area contributed by atoms with Crippen LogP contribution >= 0.6 is 0 Å². The van der Waals surface area contributed by atoms with Gasteiger partial charge in [-0.3, -0.25) is 4.90 Å². The maximum atomic E-state index is 3.45. The summed E-state index contributed by atoms with van der Waals surface area (Å²) in [6.45, 7) is 10.6. The number of nitrogens with zero attached hydrogens (tertiary/aromatic N) is 1. The summed E-state index contributed by atoms with van der Waals surface area (Å²) < 4.78 is 0. The Morgan fingerprint density at radius 3 is 2.75 bits per heavy atom. The van der Waals surface area contributed by atoms with Gasteiger partial charge in [-0.15, -0.1) is 0 Å². The van der Waals surface area contributed by atoms with Crippen molar-refractivity contribution >= 4 is 0 Å². The van der Waals surface area contributed by atoms with E-state index in [0.29, 0.717) is 6.04 Å². The molecule has 0 amide bonds. The summed E-state index contributed by atoms with van der Waals surface area (Å²) in [7, 11) is 0. The minimum absolute atomic E-state index is 0.707. The fourth-order valence-corrected chi connectivity index (χ4v) is 1.98. The van der Waals surface area contributed by atoms with E-state index in [2.05, 4.69) is 31.0 Å². The Morgan fingerprint density at radius 2 is 2.08 bits per heavy atom. The fourth-order valence-electron chi connectivity index (χ4n) is 1.98. The Bertz CT molecular complexity index is 123. The summed E-state index contributed by atoms with van der Waals surface area (Å²) >= 11 is 0. The summed E-state index contributed by atoms with van der Waals surface area (Å²) in [5.74, 6) is 0. The fraction of sp³-hybridized carbons (Fsp3) is 1.00. The highest BCUT2D eigenvalue weighted by Crippen LogP contribution is 2.10. The van der Waals surface area contributed by atoms with E-state index in [1.165, 1.54) is 32.5 Å². The lowest BCUT2D eigenvalue weighted by Crippen LogP contribution is -2.43. The van der Waals surface area contributed by atoms with E-state index in [0.717, 1.165) is 6.04 Å². The van der Waals surface area contributed by atoms with Crippen LogP contribution in [0, 0.1) is 0 Å². The molecule has 0 aliphatic carbocycles. The van der Waals surface area contributed by atoms with Gasteiger partial charge in [0.25, 0.3) is 0 Å². The largest absolute Gasteiger partial charge is 0.317 e. The normalized spacial score (nSPS) is 28.5. The molecule has 0 aromatic heterocycles. The topological polar surface area (TPSA) is 15.3 Å². The highest BCUT2D eigenvalue weighted by Gasteiger charge is 2.17. The number of nitrogens with one attached hydrogen (secondary N) is 1. The van der Waals surface area contributed by atoms with E-state index >= 15 is 0 Å². The standard InChI is InChI=1S/C10H22N2/c1-9(2)12-8-4-6-11-7-5-10(12)3/h9-11H,4-8H2,1-3H3. The molecule has 1 heterocycles. The Morgan fingerprint density at radius 1 is 1.33 bits per heavy atom. The smallest absolute Gasteiger partial charge is 0.00817 e. The SMILES string of the molecule is CC(C)N1CCCNCCC1C. The van der Waals surface area contributed by atoms with Gasteiger partial charge in [0.2, 0.25) is 0 Å². The zero-order valence-corrected chi connectivity index (χ0v) is 8.64. The average molecular weight is 170 g/mol. The second kappa shape index (κ2) is 4.83. The molecule has 1 saturated heterocycles. The monoisotopic (exact) mass is 170 g/mol. The van der Waals surface area contributed by atoms with Crippen molar-refractivity contribution in [3.8, 4) is 0 Å². The molecule has 1 aliphatic rings. The summed E-state index contributed by atoms with van der Waals surface area (Å²) in [4.78, 5) is 2.61. The molecule has 0 radical (unpaired) electrons. The van der Waals surface area contributed by atoms with Gasteiger partial charge in [0, 0.05) is 12.1 Å². The van der Waals surface area contributed by atoms with Crippen LogP contribution in [0.1, 0.15) is 33.6 Å². The van der Waals surface area contributed by atoms with Crippen molar-refractivity contribution in [1.82, 2.24) is 10.2 Å². The molecule has 0 aromatic carbocycles. The van der Waals surface area contributed by atoms with Crippen molar-refractivity contribution in [2.75, 3.05) is 19.6 Å². The van der Waals surface area contributed by atoms with E-state index < -0.39 is 0 Å². The molecule has 12 heavy (non-hydrogen) atoms. The molecule has 0 saturated carbocycles. The van der Waals surface area contributed by atoms with Crippen LogP contribution < -0.4 is 5.32 Å².